The number of hydrogen-bond donors (Lipinski definition) is 1. The van der Waals surface area contributed by atoms with Crippen LogP contribution in [-0.4, -0.2) is 44.3 Å². The molecular formula is C22H23N3O5. The number of nitrogens with one attached hydrogen (secondary N) is 1. The van der Waals surface area contributed by atoms with E-state index in [2.05, 4.69) is 15.3 Å². The van der Waals surface area contributed by atoms with Crippen LogP contribution >= 0.6 is 0 Å². The van der Waals surface area contributed by atoms with Crippen LogP contribution in [0, 0.1) is 5.92 Å². The SMILES string of the molecule is CCOc1ccc(N2C[C@H](C(=O)N/N=C\c3ccc(C(=O)OC)cc3)CC2=O)cc1. The van der Waals surface area contributed by atoms with Crippen LogP contribution in [0.15, 0.2) is 53.6 Å². The maximum atomic E-state index is 12.4. The van der Waals surface area contributed by atoms with Crippen molar-refractivity contribution in [2.75, 3.05) is 25.2 Å². The molecule has 30 heavy (non-hydrogen) atoms. The Bertz CT molecular complexity index is 938. The predicted molar refractivity (Wildman–Crippen MR) is 112 cm³/mol. The van der Waals surface area contributed by atoms with Crippen molar-refractivity contribution in [3.63, 3.8) is 0 Å². The summed E-state index contributed by atoms with van der Waals surface area (Å²) in [5.74, 6) is -0.602. The van der Waals surface area contributed by atoms with Gasteiger partial charge in [-0.3, -0.25) is 9.59 Å². The van der Waals surface area contributed by atoms with Gasteiger partial charge in [0.1, 0.15) is 5.75 Å². The summed E-state index contributed by atoms with van der Waals surface area (Å²) in [6.07, 6.45) is 1.60. The summed E-state index contributed by atoms with van der Waals surface area (Å²) >= 11 is 0. The first kappa shape index (κ1) is 21.0. The molecule has 1 fully saturated rings. The number of benzene rings is 2. The van der Waals surface area contributed by atoms with Crippen molar-refractivity contribution in [3.8, 4) is 5.75 Å². The van der Waals surface area contributed by atoms with Crippen molar-refractivity contribution in [3.05, 3.63) is 59.7 Å². The number of anilines is 1. The van der Waals surface area contributed by atoms with E-state index in [1.165, 1.54) is 13.3 Å². The third-order valence-electron chi connectivity index (χ3n) is 4.68. The molecule has 0 saturated carbocycles. The molecule has 0 unspecified atom stereocenters. The lowest BCUT2D eigenvalue weighted by molar-refractivity contribution is -0.126. The van der Waals surface area contributed by atoms with Crippen LogP contribution in [0.25, 0.3) is 0 Å². The van der Waals surface area contributed by atoms with E-state index in [0.29, 0.717) is 24.3 Å². The largest absolute Gasteiger partial charge is 0.494 e. The van der Waals surface area contributed by atoms with Crippen LogP contribution in [0.2, 0.25) is 0 Å². The van der Waals surface area contributed by atoms with E-state index < -0.39 is 11.9 Å². The second-order valence-electron chi connectivity index (χ2n) is 6.68. The lowest BCUT2D eigenvalue weighted by Gasteiger charge is -2.17. The van der Waals surface area contributed by atoms with Crippen LogP contribution in [0.1, 0.15) is 29.3 Å². The monoisotopic (exact) mass is 409 g/mol. The first-order valence-electron chi connectivity index (χ1n) is 9.56. The molecule has 0 radical (unpaired) electrons. The van der Waals surface area contributed by atoms with Gasteiger partial charge < -0.3 is 14.4 Å². The minimum atomic E-state index is -0.483. The zero-order valence-electron chi connectivity index (χ0n) is 16.8. The highest BCUT2D eigenvalue weighted by Gasteiger charge is 2.35. The van der Waals surface area contributed by atoms with E-state index in [1.54, 1.807) is 53.4 Å². The van der Waals surface area contributed by atoms with Crippen LogP contribution < -0.4 is 15.1 Å². The number of esters is 1. The minimum Gasteiger partial charge on any atom is -0.494 e. The van der Waals surface area contributed by atoms with Crippen molar-refractivity contribution in [2.24, 2.45) is 11.0 Å². The maximum absolute atomic E-state index is 12.4. The molecule has 8 heteroatoms. The molecule has 1 N–H and O–H groups in total. The Morgan fingerprint density at radius 3 is 2.50 bits per heavy atom. The fourth-order valence-electron chi connectivity index (χ4n) is 3.11. The number of carbonyl (C=O) groups is 3. The lowest BCUT2D eigenvalue weighted by atomic mass is 10.1. The third-order valence-corrected chi connectivity index (χ3v) is 4.68. The zero-order valence-corrected chi connectivity index (χ0v) is 16.8. The number of amides is 2. The summed E-state index contributed by atoms with van der Waals surface area (Å²) < 4.78 is 10.1. The van der Waals surface area contributed by atoms with Gasteiger partial charge in [0.05, 0.1) is 31.4 Å². The molecule has 1 atom stereocenters. The van der Waals surface area contributed by atoms with E-state index in [0.717, 1.165) is 11.4 Å². The van der Waals surface area contributed by atoms with Gasteiger partial charge in [0.25, 0.3) is 0 Å². The fourth-order valence-corrected chi connectivity index (χ4v) is 3.11. The summed E-state index contributed by atoms with van der Waals surface area (Å²) in [6, 6.07) is 13.8. The van der Waals surface area contributed by atoms with E-state index in [4.69, 9.17) is 4.74 Å². The van der Waals surface area contributed by atoms with Crippen LogP contribution in [0.5, 0.6) is 5.75 Å². The molecule has 1 saturated heterocycles. The van der Waals surface area contributed by atoms with Gasteiger partial charge in [-0.15, -0.1) is 0 Å². The van der Waals surface area contributed by atoms with Crippen molar-refractivity contribution in [1.82, 2.24) is 5.43 Å². The quantitative estimate of drug-likeness (QED) is 0.430. The topological polar surface area (TPSA) is 97.3 Å². The van der Waals surface area contributed by atoms with Crippen molar-refractivity contribution >= 4 is 29.7 Å². The Morgan fingerprint density at radius 1 is 1.17 bits per heavy atom. The molecular weight excluding hydrogens is 386 g/mol. The maximum Gasteiger partial charge on any atom is 0.337 e. The van der Waals surface area contributed by atoms with Gasteiger partial charge in [0, 0.05) is 18.7 Å². The summed E-state index contributed by atoms with van der Waals surface area (Å²) in [6.45, 7) is 2.77. The van der Waals surface area contributed by atoms with E-state index in [1.807, 2.05) is 6.92 Å². The second-order valence-corrected chi connectivity index (χ2v) is 6.68. The van der Waals surface area contributed by atoms with Crippen molar-refractivity contribution in [1.29, 1.82) is 0 Å². The van der Waals surface area contributed by atoms with Crippen molar-refractivity contribution < 1.29 is 23.9 Å². The molecule has 1 aliphatic rings. The highest BCUT2D eigenvalue weighted by atomic mass is 16.5. The van der Waals surface area contributed by atoms with E-state index in [-0.39, 0.29) is 18.2 Å². The smallest absolute Gasteiger partial charge is 0.337 e. The molecule has 8 nitrogen and oxygen atoms in total. The van der Waals surface area contributed by atoms with Crippen LogP contribution in [0.3, 0.4) is 0 Å². The van der Waals surface area contributed by atoms with E-state index in [9.17, 15) is 14.4 Å². The predicted octanol–water partition coefficient (Wildman–Crippen LogP) is 2.38. The van der Waals surface area contributed by atoms with Gasteiger partial charge in [-0.1, -0.05) is 12.1 Å². The minimum absolute atomic E-state index is 0.110. The number of hydrazone groups is 1. The Kier molecular flexibility index (Phi) is 6.79. The lowest BCUT2D eigenvalue weighted by Crippen LogP contribution is -2.30. The number of hydrogen-bond acceptors (Lipinski definition) is 6. The fraction of sp³-hybridized carbons (Fsp3) is 0.273. The molecule has 1 aliphatic heterocycles. The summed E-state index contributed by atoms with van der Waals surface area (Å²) in [7, 11) is 1.32. The average Bonchev–Trinajstić information content (AvgIpc) is 3.16. The molecule has 156 valence electrons. The van der Waals surface area contributed by atoms with Gasteiger partial charge in [-0.2, -0.15) is 5.10 Å². The molecule has 2 aromatic carbocycles. The van der Waals surface area contributed by atoms with Gasteiger partial charge >= 0.3 is 5.97 Å². The molecule has 2 amide bonds. The van der Waals surface area contributed by atoms with Crippen LogP contribution in [-0.2, 0) is 14.3 Å². The molecule has 0 bridgehead atoms. The first-order valence-corrected chi connectivity index (χ1v) is 9.56. The molecule has 0 aromatic heterocycles. The Hall–Kier alpha value is -3.68. The second kappa shape index (κ2) is 9.69. The van der Waals surface area contributed by atoms with Gasteiger partial charge in [0.15, 0.2) is 0 Å². The summed E-state index contributed by atoms with van der Waals surface area (Å²) in [4.78, 5) is 37.8. The van der Waals surface area contributed by atoms with Crippen molar-refractivity contribution in [2.45, 2.75) is 13.3 Å². The van der Waals surface area contributed by atoms with Gasteiger partial charge in [-0.05, 0) is 48.9 Å². The Balaban J connectivity index is 1.55. The number of ether oxygens (including phenoxy) is 2. The Labute approximate surface area is 174 Å². The average molecular weight is 409 g/mol. The Morgan fingerprint density at radius 2 is 1.87 bits per heavy atom. The normalized spacial score (nSPS) is 16.0. The highest BCUT2D eigenvalue weighted by Crippen LogP contribution is 2.27. The van der Waals surface area contributed by atoms with Crippen LogP contribution in [0.4, 0.5) is 5.69 Å². The standard InChI is InChI=1S/C22H23N3O5/c1-3-30-19-10-8-18(9-11-19)25-14-17(12-20(25)26)21(27)24-23-13-15-4-6-16(7-5-15)22(28)29-2/h4-11,13,17H,3,12,14H2,1-2H3,(H,24,27)/b23-13-/t17-/m1/s1. The highest BCUT2D eigenvalue weighted by molar-refractivity contribution is 6.00. The molecule has 3 rings (SSSR count). The zero-order chi connectivity index (χ0) is 21.5. The summed E-state index contributed by atoms with van der Waals surface area (Å²) in [5.41, 5.74) is 4.35. The molecule has 2 aromatic rings. The van der Waals surface area contributed by atoms with E-state index >= 15 is 0 Å². The number of nitrogens with zero attached hydrogens (tertiary/aromatic N) is 2. The first-order chi connectivity index (χ1) is 14.5. The molecule has 0 aliphatic carbocycles. The summed E-state index contributed by atoms with van der Waals surface area (Å²) in [5, 5.41) is 3.95. The third kappa shape index (κ3) is 5.02. The molecule has 1 heterocycles. The number of methoxy groups -OCH3 is 1. The van der Waals surface area contributed by atoms with Gasteiger partial charge in [0.2, 0.25) is 11.8 Å². The molecule has 0 spiro atoms. The number of carbonyl (C=O) groups excluding carboxylic acids is 3. The van der Waals surface area contributed by atoms with Gasteiger partial charge in [-0.25, -0.2) is 10.2 Å². The number of rotatable bonds is 7.